The third-order valence-corrected chi connectivity index (χ3v) is 3.40. The monoisotopic (exact) mass is 233 g/mol. The van der Waals surface area contributed by atoms with Crippen molar-refractivity contribution in [1.82, 2.24) is 4.90 Å². The van der Waals surface area contributed by atoms with Crippen molar-refractivity contribution in [3.05, 3.63) is 35.9 Å². The first-order valence-electron chi connectivity index (χ1n) is 6.24. The van der Waals surface area contributed by atoms with Gasteiger partial charge in [-0.15, -0.1) is 0 Å². The fraction of sp³-hybridized carbons (Fsp3) is 0.500. The molecule has 0 aliphatic carbocycles. The summed E-state index contributed by atoms with van der Waals surface area (Å²) >= 11 is 0. The Morgan fingerprint density at radius 2 is 2.06 bits per heavy atom. The number of aliphatic hydroxyl groups excluding tert-OH is 1. The summed E-state index contributed by atoms with van der Waals surface area (Å²) in [7, 11) is 0. The second kappa shape index (κ2) is 5.94. The Morgan fingerprint density at radius 3 is 2.76 bits per heavy atom. The third-order valence-electron chi connectivity index (χ3n) is 3.40. The van der Waals surface area contributed by atoms with Crippen LogP contribution in [0.1, 0.15) is 29.6 Å². The summed E-state index contributed by atoms with van der Waals surface area (Å²) in [5, 5.41) is 9.29. The number of carbonyl (C=O) groups excluding carboxylic acids is 1. The molecule has 1 N–H and O–H groups in total. The molecule has 1 aromatic carbocycles. The SMILES string of the molecule is O=C(CN1CCCC[C@H]1CO)c1ccccc1. The molecule has 0 spiro atoms. The minimum Gasteiger partial charge on any atom is -0.395 e. The third kappa shape index (κ3) is 3.14. The number of rotatable bonds is 4. The fourth-order valence-corrected chi connectivity index (χ4v) is 2.37. The second-order valence-electron chi connectivity index (χ2n) is 4.59. The van der Waals surface area contributed by atoms with E-state index in [0.717, 1.165) is 31.4 Å². The number of Topliss-reactive ketones (excluding diaryl/α,β-unsaturated/α-hetero) is 1. The highest BCUT2D eigenvalue weighted by molar-refractivity contribution is 5.97. The van der Waals surface area contributed by atoms with Gasteiger partial charge in [0.05, 0.1) is 13.2 Å². The summed E-state index contributed by atoms with van der Waals surface area (Å²) in [5.74, 6) is 0.144. The molecular formula is C14H19NO2. The van der Waals surface area contributed by atoms with E-state index in [9.17, 15) is 9.90 Å². The van der Waals surface area contributed by atoms with E-state index >= 15 is 0 Å². The van der Waals surface area contributed by atoms with E-state index in [0.29, 0.717) is 6.54 Å². The molecule has 92 valence electrons. The number of likely N-dealkylation sites (tertiary alicyclic amines) is 1. The number of aliphatic hydroxyl groups is 1. The van der Waals surface area contributed by atoms with Crippen LogP contribution in [0.15, 0.2) is 30.3 Å². The van der Waals surface area contributed by atoms with E-state index in [1.807, 2.05) is 30.3 Å². The minimum atomic E-state index is 0.144. The first-order valence-corrected chi connectivity index (χ1v) is 6.24. The van der Waals surface area contributed by atoms with Gasteiger partial charge in [0.2, 0.25) is 0 Å². The summed E-state index contributed by atoms with van der Waals surface area (Å²) in [6, 6.07) is 9.53. The molecule has 1 aromatic rings. The van der Waals surface area contributed by atoms with Crippen LogP contribution in [0, 0.1) is 0 Å². The highest BCUT2D eigenvalue weighted by Gasteiger charge is 2.23. The van der Waals surface area contributed by atoms with E-state index in [4.69, 9.17) is 0 Å². The Balaban J connectivity index is 1.98. The molecule has 0 amide bonds. The zero-order valence-corrected chi connectivity index (χ0v) is 10.0. The van der Waals surface area contributed by atoms with Crippen molar-refractivity contribution in [1.29, 1.82) is 0 Å². The largest absolute Gasteiger partial charge is 0.395 e. The van der Waals surface area contributed by atoms with Crippen LogP contribution >= 0.6 is 0 Å². The lowest BCUT2D eigenvalue weighted by Gasteiger charge is -2.33. The zero-order valence-electron chi connectivity index (χ0n) is 10.0. The van der Waals surface area contributed by atoms with Gasteiger partial charge in [0.25, 0.3) is 0 Å². The van der Waals surface area contributed by atoms with Gasteiger partial charge in [-0.05, 0) is 19.4 Å². The maximum Gasteiger partial charge on any atom is 0.176 e. The van der Waals surface area contributed by atoms with Crippen LogP contribution in [0.2, 0.25) is 0 Å². The molecule has 0 saturated carbocycles. The number of nitrogens with zero attached hydrogens (tertiary/aromatic N) is 1. The molecule has 0 radical (unpaired) electrons. The van der Waals surface area contributed by atoms with Gasteiger partial charge in [-0.1, -0.05) is 36.8 Å². The Hall–Kier alpha value is -1.19. The fourth-order valence-electron chi connectivity index (χ4n) is 2.37. The van der Waals surface area contributed by atoms with Gasteiger partial charge in [-0.3, -0.25) is 9.69 Å². The lowest BCUT2D eigenvalue weighted by molar-refractivity contribution is 0.0711. The molecule has 1 atom stereocenters. The first kappa shape index (κ1) is 12.3. The van der Waals surface area contributed by atoms with Crippen LogP contribution in [0.25, 0.3) is 0 Å². The first-order chi connectivity index (χ1) is 8.31. The number of hydrogen-bond donors (Lipinski definition) is 1. The summed E-state index contributed by atoms with van der Waals surface area (Å²) in [6.45, 7) is 1.50. The van der Waals surface area contributed by atoms with Crippen LogP contribution in [-0.2, 0) is 0 Å². The molecule has 1 aliphatic heterocycles. The zero-order chi connectivity index (χ0) is 12.1. The van der Waals surface area contributed by atoms with Gasteiger partial charge in [0, 0.05) is 11.6 Å². The molecule has 3 nitrogen and oxygen atoms in total. The van der Waals surface area contributed by atoms with Crippen molar-refractivity contribution in [2.24, 2.45) is 0 Å². The summed E-state index contributed by atoms with van der Waals surface area (Å²) in [4.78, 5) is 14.2. The molecular weight excluding hydrogens is 214 g/mol. The number of hydrogen-bond acceptors (Lipinski definition) is 3. The molecule has 1 heterocycles. The van der Waals surface area contributed by atoms with Crippen LogP contribution in [-0.4, -0.2) is 41.5 Å². The maximum atomic E-state index is 12.1. The van der Waals surface area contributed by atoms with Crippen LogP contribution < -0.4 is 0 Å². The Kier molecular flexibility index (Phi) is 4.29. The molecule has 17 heavy (non-hydrogen) atoms. The Morgan fingerprint density at radius 1 is 1.29 bits per heavy atom. The number of carbonyl (C=O) groups is 1. The lowest BCUT2D eigenvalue weighted by atomic mass is 10.0. The van der Waals surface area contributed by atoms with Crippen molar-refractivity contribution >= 4 is 5.78 Å². The molecule has 1 aliphatic rings. The molecule has 2 rings (SSSR count). The molecule has 0 bridgehead atoms. The van der Waals surface area contributed by atoms with Crippen LogP contribution in [0.5, 0.6) is 0 Å². The Bertz CT molecular complexity index is 364. The van der Waals surface area contributed by atoms with E-state index in [1.54, 1.807) is 0 Å². The van der Waals surface area contributed by atoms with Crippen molar-refractivity contribution in [3.8, 4) is 0 Å². The molecule has 0 unspecified atom stereocenters. The molecule has 1 fully saturated rings. The predicted molar refractivity (Wildman–Crippen MR) is 67.1 cm³/mol. The highest BCUT2D eigenvalue weighted by atomic mass is 16.3. The van der Waals surface area contributed by atoms with Crippen molar-refractivity contribution in [2.75, 3.05) is 19.7 Å². The van der Waals surface area contributed by atoms with E-state index < -0.39 is 0 Å². The van der Waals surface area contributed by atoms with Crippen molar-refractivity contribution in [2.45, 2.75) is 25.3 Å². The predicted octanol–water partition coefficient (Wildman–Crippen LogP) is 1.72. The highest BCUT2D eigenvalue weighted by Crippen LogP contribution is 2.17. The van der Waals surface area contributed by atoms with E-state index in [-0.39, 0.29) is 18.4 Å². The van der Waals surface area contributed by atoms with E-state index in [2.05, 4.69) is 4.90 Å². The number of piperidine rings is 1. The number of benzene rings is 1. The van der Waals surface area contributed by atoms with Gasteiger partial charge in [-0.2, -0.15) is 0 Å². The summed E-state index contributed by atoms with van der Waals surface area (Å²) in [6.07, 6.45) is 3.28. The molecule has 3 heteroatoms. The van der Waals surface area contributed by atoms with Crippen LogP contribution in [0.4, 0.5) is 0 Å². The Labute approximate surface area is 102 Å². The molecule has 0 aromatic heterocycles. The topological polar surface area (TPSA) is 40.5 Å². The lowest BCUT2D eigenvalue weighted by Crippen LogP contribution is -2.44. The normalized spacial score (nSPS) is 21.4. The quantitative estimate of drug-likeness (QED) is 0.805. The van der Waals surface area contributed by atoms with E-state index in [1.165, 1.54) is 0 Å². The van der Waals surface area contributed by atoms with Crippen LogP contribution in [0.3, 0.4) is 0 Å². The van der Waals surface area contributed by atoms with Crippen molar-refractivity contribution < 1.29 is 9.90 Å². The van der Waals surface area contributed by atoms with Gasteiger partial charge in [0.1, 0.15) is 0 Å². The molecule has 1 saturated heterocycles. The smallest absolute Gasteiger partial charge is 0.176 e. The second-order valence-corrected chi connectivity index (χ2v) is 4.59. The van der Waals surface area contributed by atoms with Gasteiger partial charge >= 0.3 is 0 Å². The van der Waals surface area contributed by atoms with Gasteiger partial charge < -0.3 is 5.11 Å². The average molecular weight is 233 g/mol. The van der Waals surface area contributed by atoms with Gasteiger partial charge in [0.15, 0.2) is 5.78 Å². The van der Waals surface area contributed by atoms with Crippen molar-refractivity contribution in [3.63, 3.8) is 0 Å². The summed E-state index contributed by atoms with van der Waals surface area (Å²) < 4.78 is 0. The average Bonchev–Trinajstić information content (AvgIpc) is 2.40. The number of ketones is 1. The minimum absolute atomic E-state index is 0.144. The maximum absolute atomic E-state index is 12.1. The van der Waals surface area contributed by atoms with Gasteiger partial charge in [-0.25, -0.2) is 0 Å². The standard InChI is InChI=1S/C14H19NO2/c16-11-13-8-4-5-9-15(13)10-14(17)12-6-2-1-3-7-12/h1-3,6-7,13,16H,4-5,8-11H2/t13-/m0/s1. The summed E-state index contributed by atoms with van der Waals surface area (Å²) in [5.41, 5.74) is 0.759.